The van der Waals surface area contributed by atoms with Crippen molar-refractivity contribution in [3.05, 3.63) is 12.5 Å². The van der Waals surface area contributed by atoms with E-state index in [-0.39, 0.29) is 11.1 Å². The molecule has 1 aliphatic carbocycles. The lowest BCUT2D eigenvalue weighted by Crippen LogP contribution is -2.32. The van der Waals surface area contributed by atoms with Gasteiger partial charge >= 0.3 is 0 Å². The van der Waals surface area contributed by atoms with E-state index < -0.39 is 10.0 Å². The van der Waals surface area contributed by atoms with E-state index in [1.165, 1.54) is 12.5 Å². The standard InChI is InChI=1S/C9H15N3O2S/c1-12-6-9(10-7-12)15(13,14)11-8-4-2-3-5-8/h6-8,11H,2-5H2,1H3. The van der Waals surface area contributed by atoms with Crippen molar-refractivity contribution in [2.75, 3.05) is 0 Å². The molecule has 1 saturated carbocycles. The van der Waals surface area contributed by atoms with Gasteiger partial charge < -0.3 is 4.57 Å². The van der Waals surface area contributed by atoms with E-state index in [1.807, 2.05) is 0 Å². The van der Waals surface area contributed by atoms with Crippen molar-refractivity contribution >= 4 is 10.0 Å². The average Bonchev–Trinajstić information content (AvgIpc) is 2.75. The minimum Gasteiger partial charge on any atom is -0.339 e. The fourth-order valence-electron chi connectivity index (χ4n) is 1.85. The third-order valence-electron chi connectivity index (χ3n) is 2.63. The molecule has 1 N–H and O–H groups in total. The first kappa shape index (κ1) is 10.6. The van der Waals surface area contributed by atoms with Crippen LogP contribution in [-0.2, 0) is 17.1 Å². The Kier molecular flexibility index (Phi) is 2.79. The molecule has 0 unspecified atom stereocenters. The molecule has 0 bridgehead atoms. The lowest BCUT2D eigenvalue weighted by atomic mass is 10.3. The van der Waals surface area contributed by atoms with Crippen LogP contribution >= 0.6 is 0 Å². The first-order valence-corrected chi connectivity index (χ1v) is 6.56. The molecule has 15 heavy (non-hydrogen) atoms. The summed E-state index contributed by atoms with van der Waals surface area (Å²) >= 11 is 0. The number of hydrogen-bond acceptors (Lipinski definition) is 3. The number of aryl methyl sites for hydroxylation is 1. The fraction of sp³-hybridized carbons (Fsp3) is 0.667. The van der Waals surface area contributed by atoms with Crippen LogP contribution in [0.3, 0.4) is 0 Å². The molecule has 0 aromatic carbocycles. The number of aromatic nitrogens is 2. The molecular weight excluding hydrogens is 214 g/mol. The largest absolute Gasteiger partial charge is 0.339 e. The quantitative estimate of drug-likeness (QED) is 0.827. The monoisotopic (exact) mass is 229 g/mol. The Labute approximate surface area is 89.6 Å². The van der Waals surface area contributed by atoms with Crippen LogP contribution in [0.15, 0.2) is 17.6 Å². The second kappa shape index (κ2) is 3.94. The molecule has 1 aromatic heterocycles. The van der Waals surface area contributed by atoms with Crippen molar-refractivity contribution in [3.8, 4) is 0 Å². The maximum absolute atomic E-state index is 11.8. The van der Waals surface area contributed by atoms with Crippen LogP contribution in [0, 0.1) is 0 Å². The highest BCUT2D eigenvalue weighted by Crippen LogP contribution is 2.19. The van der Waals surface area contributed by atoms with Gasteiger partial charge in [-0.3, -0.25) is 0 Å². The highest BCUT2D eigenvalue weighted by Gasteiger charge is 2.24. The zero-order valence-corrected chi connectivity index (χ0v) is 9.50. The fourth-order valence-corrected chi connectivity index (χ4v) is 3.14. The Morgan fingerprint density at radius 2 is 2.13 bits per heavy atom. The number of nitrogens with one attached hydrogen (secondary N) is 1. The molecule has 5 nitrogen and oxygen atoms in total. The number of hydrogen-bond donors (Lipinski definition) is 1. The Hall–Kier alpha value is -0.880. The summed E-state index contributed by atoms with van der Waals surface area (Å²) in [6.45, 7) is 0. The van der Waals surface area contributed by atoms with Gasteiger partial charge in [0.1, 0.15) is 0 Å². The Morgan fingerprint density at radius 1 is 1.47 bits per heavy atom. The predicted octanol–water partition coefficient (Wildman–Crippen LogP) is 0.641. The van der Waals surface area contributed by atoms with E-state index in [1.54, 1.807) is 11.6 Å². The summed E-state index contributed by atoms with van der Waals surface area (Å²) in [7, 11) is -1.65. The van der Waals surface area contributed by atoms with Gasteiger partial charge in [0.15, 0.2) is 5.03 Å². The lowest BCUT2D eigenvalue weighted by Gasteiger charge is -2.10. The Morgan fingerprint density at radius 3 is 2.67 bits per heavy atom. The average molecular weight is 229 g/mol. The van der Waals surface area contributed by atoms with Crippen molar-refractivity contribution < 1.29 is 8.42 Å². The molecule has 1 fully saturated rings. The van der Waals surface area contributed by atoms with Crippen LogP contribution in [-0.4, -0.2) is 24.0 Å². The van der Waals surface area contributed by atoms with E-state index in [4.69, 9.17) is 0 Å². The zero-order valence-electron chi connectivity index (χ0n) is 8.68. The minimum atomic E-state index is -3.40. The van der Waals surface area contributed by atoms with Crippen LogP contribution in [0.1, 0.15) is 25.7 Å². The maximum atomic E-state index is 11.8. The summed E-state index contributed by atoms with van der Waals surface area (Å²) in [5.74, 6) is 0. The SMILES string of the molecule is Cn1cnc(S(=O)(=O)NC2CCCC2)c1. The first-order valence-electron chi connectivity index (χ1n) is 5.08. The van der Waals surface area contributed by atoms with Crippen LogP contribution in [0.4, 0.5) is 0 Å². The zero-order chi connectivity index (χ0) is 10.9. The van der Waals surface area contributed by atoms with E-state index in [9.17, 15) is 8.42 Å². The van der Waals surface area contributed by atoms with Gasteiger partial charge in [0.2, 0.25) is 0 Å². The van der Waals surface area contributed by atoms with E-state index in [0.29, 0.717) is 0 Å². The molecule has 1 aliphatic rings. The molecule has 84 valence electrons. The molecule has 0 radical (unpaired) electrons. The van der Waals surface area contributed by atoms with Gasteiger partial charge in [-0.25, -0.2) is 18.1 Å². The Bertz CT molecular complexity index is 432. The smallest absolute Gasteiger partial charge is 0.259 e. The minimum absolute atomic E-state index is 0.0945. The van der Waals surface area contributed by atoms with Gasteiger partial charge in [-0.2, -0.15) is 0 Å². The second-order valence-electron chi connectivity index (χ2n) is 3.98. The van der Waals surface area contributed by atoms with Crippen LogP contribution < -0.4 is 4.72 Å². The van der Waals surface area contributed by atoms with Crippen molar-refractivity contribution in [2.45, 2.75) is 36.8 Å². The summed E-state index contributed by atoms with van der Waals surface area (Å²) in [5, 5.41) is 0.108. The van der Waals surface area contributed by atoms with Gasteiger partial charge in [-0.15, -0.1) is 0 Å². The van der Waals surface area contributed by atoms with E-state index in [2.05, 4.69) is 9.71 Å². The van der Waals surface area contributed by atoms with Crippen LogP contribution in [0.5, 0.6) is 0 Å². The normalized spacial score (nSPS) is 18.5. The molecule has 0 saturated heterocycles. The highest BCUT2D eigenvalue weighted by atomic mass is 32.2. The van der Waals surface area contributed by atoms with Gasteiger partial charge in [-0.1, -0.05) is 12.8 Å². The van der Waals surface area contributed by atoms with E-state index >= 15 is 0 Å². The number of sulfonamides is 1. The van der Waals surface area contributed by atoms with Crippen molar-refractivity contribution in [1.29, 1.82) is 0 Å². The summed E-state index contributed by atoms with van der Waals surface area (Å²) in [4.78, 5) is 3.84. The highest BCUT2D eigenvalue weighted by molar-refractivity contribution is 7.89. The molecule has 6 heteroatoms. The molecule has 0 aliphatic heterocycles. The third-order valence-corrected chi connectivity index (χ3v) is 4.04. The van der Waals surface area contributed by atoms with Crippen molar-refractivity contribution in [3.63, 3.8) is 0 Å². The van der Waals surface area contributed by atoms with Crippen LogP contribution in [0.2, 0.25) is 0 Å². The topological polar surface area (TPSA) is 64.0 Å². The summed E-state index contributed by atoms with van der Waals surface area (Å²) < 4.78 is 27.9. The third kappa shape index (κ3) is 2.38. The second-order valence-corrected chi connectivity index (χ2v) is 5.64. The Balaban J connectivity index is 2.12. The molecule has 2 rings (SSSR count). The molecular formula is C9H15N3O2S. The van der Waals surface area contributed by atoms with Crippen molar-refractivity contribution in [2.24, 2.45) is 7.05 Å². The molecule has 1 heterocycles. The first-order chi connectivity index (χ1) is 7.08. The predicted molar refractivity (Wildman–Crippen MR) is 55.8 cm³/mol. The maximum Gasteiger partial charge on any atom is 0.259 e. The lowest BCUT2D eigenvalue weighted by molar-refractivity contribution is 0.549. The summed E-state index contributed by atoms with van der Waals surface area (Å²) in [6.07, 6.45) is 7.09. The van der Waals surface area contributed by atoms with Crippen molar-refractivity contribution in [1.82, 2.24) is 14.3 Å². The van der Waals surface area contributed by atoms with Gasteiger partial charge in [0, 0.05) is 19.3 Å². The van der Waals surface area contributed by atoms with Gasteiger partial charge in [0.05, 0.1) is 6.33 Å². The molecule has 0 atom stereocenters. The summed E-state index contributed by atoms with van der Waals surface area (Å²) in [5.41, 5.74) is 0. The van der Waals surface area contributed by atoms with Gasteiger partial charge in [0.25, 0.3) is 10.0 Å². The molecule has 0 amide bonds. The summed E-state index contributed by atoms with van der Waals surface area (Å²) in [6, 6.07) is 0.0945. The molecule has 0 spiro atoms. The van der Waals surface area contributed by atoms with Gasteiger partial charge in [-0.05, 0) is 12.8 Å². The molecule has 1 aromatic rings. The van der Waals surface area contributed by atoms with E-state index in [0.717, 1.165) is 25.7 Å². The number of rotatable bonds is 3. The number of nitrogens with zero attached hydrogens (tertiary/aromatic N) is 2. The number of imidazole rings is 1. The van der Waals surface area contributed by atoms with Crippen LogP contribution in [0.25, 0.3) is 0 Å².